The molecular formula is C26H23N3O2S. The molecule has 32 heavy (non-hydrogen) atoms. The number of furan rings is 1. The van der Waals surface area contributed by atoms with E-state index in [0.717, 1.165) is 62.5 Å². The van der Waals surface area contributed by atoms with E-state index in [2.05, 4.69) is 41.1 Å². The molecule has 5 nitrogen and oxygen atoms in total. The molecule has 0 aliphatic heterocycles. The van der Waals surface area contributed by atoms with Crippen LogP contribution in [0.3, 0.4) is 0 Å². The number of unbranched alkanes of at least 4 members (excludes halogenated alkanes) is 1. The van der Waals surface area contributed by atoms with Crippen LogP contribution in [0.4, 0.5) is 0 Å². The fourth-order valence-corrected chi connectivity index (χ4v) is 4.81. The van der Waals surface area contributed by atoms with Gasteiger partial charge >= 0.3 is 0 Å². The zero-order valence-corrected chi connectivity index (χ0v) is 18.9. The van der Waals surface area contributed by atoms with Crippen molar-refractivity contribution in [2.75, 3.05) is 7.11 Å². The third kappa shape index (κ3) is 3.76. The van der Waals surface area contributed by atoms with Crippen molar-refractivity contribution in [3.8, 4) is 22.6 Å². The fourth-order valence-electron chi connectivity index (χ4n) is 4.01. The Kier molecular flexibility index (Phi) is 5.42. The van der Waals surface area contributed by atoms with Gasteiger partial charge < -0.3 is 13.7 Å². The number of fused-ring (bicyclic) bond motifs is 2. The van der Waals surface area contributed by atoms with Crippen molar-refractivity contribution >= 4 is 33.2 Å². The van der Waals surface area contributed by atoms with Crippen LogP contribution < -0.4 is 4.74 Å². The first-order valence-corrected chi connectivity index (χ1v) is 11.6. The Hall–Kier alpha value is -3.56. The molecule has 5 rings (SSSR count). The maximum atomic E-state index is 9.56. The second kappa shape index (κ2) is 8.52. The van der Waals surface area contributed by atoms with Crippen molar-refractivity contribution in [2.45, 2.75) is 32.7 Å². The predicted octanol–water partition coefficient (Wildman–Crippen LogP) is 6.78. The smallest absolute Gasteiger partial charge is 0.164 e. The number of aryl methyl sites for hydroxylation is 1. The van der Waals surface area contributed by atoms with Gasteiger partial charge in [0.1, 0.15) is 17.4 Å². The molecule has 0 N–H and O–H groups in total. The molecule has 3 aromatic heterocycles. The van der Waals surface area contributed by atoms with E-state index in [4.69, 9.17) is 14.1 Å². The maximum Gasteiger partial charge on any atom is 0.164 e. The van der Waals surface area contributed by atoms with E-state index in [0.29, 0.717) is 12.1 Å². The number of hydrogen-bond acceptors (Lipinski definition) is 5. The molecule has 0 aliphatic rings. The number of thiazole rings is 1. The molecule has 0 unspecified atom stereocenters. The second-order valence-electron chi connectivity index (χ2n) is 7.90. The van der Waals surface area contributed by atoms with Gasteiger partial charge in [-0.25, -0.2) is 4.98 Å². The second-order valence-corrected chi connectivity index (χ2v) is 8.75. The van der Waals surface area contributed by atoms with Gasteiger partial charge in [0, 0.05) is 34.4 Å². The molecule has 5 aromatic rings. The van der Waals surface area contributed by atoms with E-state index in [1.165, 1.54) is 6.42 Å². The minimum atomic E-state index is 0.647. The van der Waals surface area contributed by atoms with Crippen molar-refractivity contribution in [1.82, 2.24) is 9.55 Å². The first kappa shape index (κ1) is 20.3. The Balaban J connectivity index is 1.45. The van der Waals surface area contributed by atoms with Gasteiger partial charge in [-0.3, -0.25) is 0 Å². The zero-order valence-electron chi connectivity index (χ0n) is 18.1. The van der Waals surface area contributed by atoms with Crippen molar-refractivity contribution in [3.63, 3.8) is 0 Å². The summed E-state index contributed by atoms with van der Waals surface area (Å²) in [5.74, 6) is 1.56. The van der Waals surface area contributed by atoms with Gasteiger partial charge in [-0.05, 0) is 54.8 Å². The van der Waals surface area contributed by atoms with Crippen LogP contribution in [0.15, 0.2) is 58.5 Å². The molecule has 0 saturated carbocycles. The molecule has 0 aliphatic carbocycles. The first-order chi connectivity index (χ1) is 15.7. The molecule has 0 amide bonds. The summed E-state index contributed by atoms with van der Waals surface area (Å²) in [4.78, 5) is 4.74. The van der Waals surface area contributed by atoms with Crippen LogP contribution in [-0.4, -0.2) is 16.7 Å². The largest absolute Gasteiger partial charge is 0.497 e. The predicted molar refractivity (Wildman–Crippen MR) is 128 cm³/mol. The lowest BCUT2D eigenvalue weighted by Crippen LogP contribution is -1.97. The first-order valence-electron chi connectivity index (χ1n) is 10.7. The Morgan fingerprint density at radius 1 is 1.19 bits per heavy atom. The highest BCUT2D eigenvalue weighted by Crippen LogP contribution is 2.32. The highest BCUT2D eigenvalue weighted by Gasteiger charge is 2.13. The summed E-state index contributed by atoms with van der Waals surface area (Å²) >= 11 is 1.63. The minimum Gasteiger partial charge on any atom is -0.497 e. The Labute approximate surface area is 190 Å². The molecule has 3 heterocycles. The van der Waals surface area contributed by atoms with Crippen LogP contribution in [0.25, 0.3) is 32.6 Å². The highest BCUT2D eigenvalue weighted by molar-refractivity contribution is 7.13. The summed E-state index contributed by atoms with van der Waals surface area (Å²) in [6.45, 7) is 2.86. The average molecular weight is 442 g/mol. The molecule has 0 bridgehead atoms. The van der Waals surface area contributed by atoms with Crippen LogP contribution in [0, 0.1) is 11.3 Å². The van der Waals surface area contributed by atoms with Gasteiger partial charge in [-0.15, -0.1) is 11.3 Å². The SMILES string of the molecule is CCCCc1csc(-c2cc3cc(Cn4cc(C#N)c5cc(OC)ccc54)ccc3o2)n1. The topological polar surface area (TPSA) is 64.0 Å². The summed E-state index contributed by atoms with van der Waals surface area (Å²) in [5, 5.41) is 14.6. The molecule has 2 aromatic carbocycles. The minimum absolute atomic E-state index is 0.647. The van der Waals surface area contributed by atoms with Crippen molar-refractivity contribution in [1.29, 1.82) is 5.26 Å². The number of methoxy groups -OCH3 is 1. The van der Waals surface area contributed by atoms with Crippen LogP contribution in [0.2, 0.25) is 0 Å². The van der Waals surface area contributed by atoms with Crippen LogP contribution in [0.1, 0.15) is 36.6 Å². The zero-order chi connectivity index (χ0) is 22.1. The van der Waals surface area contributed by atoms with E-state index in [1.54, 1.807) is 18.4 Å². The normalized spacial score (nSPS) is 11.3. The molecule has 0 radical (unpaired) electrons. The quantitative estimate of drug-likeness (QED) is 0.279. The molecule has 0 fully saturated rings. The van der Waals surface area contributed by atoms with Crippen molar-refractivity contribution < 1.29 is 9.15 Å². The van der Waals surface area contributed by atoms with Crippen LogP contribution in [0.5, 0.6) is 5.75 Å². The van der Waals surface area contributed by atoms with E-state index in [9.17, 15) is 5.26 Å². The van der Waals surface area contributed by atoms with E-state index in [-0.39, 0.29) is 0 Å². The van der Waals surface area contributed by atoms with Gasteiger partial charge in [-0.2, -0.15) is 5.26 Å². The Morgan fingerprint density at radius 2 is 2.09 bits per heavy atom. The van der Waals surface area contributed by atoms with Crippen LogP contribution >= 0.6 is 11.3 Å². The monoisotopic (exact) mass is 441 g/mol. The molecule has 0 atom stereocenters. The number of ether oxygens (including phenoxy) is 1. The highest BCUT2D eigenvalue weighted by atomic mass is 32.1. The molecular weight excluding hydrogens is 418 g/mol. The van der Waals surface area contributed by atoms with E-state index >= 15 is 0 Å². The molecule has 0 saturated heterocycles. The summed E-state index contributed by atoms with van der Waals surface area (Å²) in [6.07, 6.45) is 5.24. The maximum absolute atomic E-state index is 9.56. The van der Waals surface area contributed by atoms with Crippen molar-refractivity contribution in [3.05, 3.63) is 70.9 Å². The lowest BCUT2D eigenvalue weighted by molar-refractivity contribution is 0.415. The lowest BCUT2D eigenvalue weighted by atomic mass is 10.1. The molecule has 0 spiro atoms. The van der Waals surface area contributed by atoms with Gasteiger partial charge in [0.2, 0.25) is 0 Å². The number of nitrogens with zero attached hydrogens (tertiary/aromatic N) is 3. The number of rotatable bonds is 7. The van der Waals surface area contributed by atoms with Gasteiger partial charge in [0.15, 0.2) is 10.8 Å². The average Bonchev–Trinajstić information content (AvgIpc) is 3.54. The summed E-state index contributed by atoms with van der Waals surface area (Å²) in [7, 11) is 1.64. The summed E-state index contributed by atoms with van der Waals surface area (Å²) in [6, 6.07) is 16.4. The Bertz CT molecular complexity index is 1450. The van der Waals surface area contributed by atoms with Crippen molar-refractivity contribution in [2.24, 2.45) is 0 Å². The van der Waals surface area contributed by atoms with Gasteiger partial charge in [-0.1, -0.05) is 19.4 Å². The standard InChI is InChI=1S/C26H23N3O2S/c1-3-4-5-20-16-32-26(28-20)25-11-18-10-17(6-9-24(18)31-25)14-29-15-19(13-27)22-12-21(30-2)7-8-23(22)29/h6-12,15-16H,3-5,14H2,1-2H3. The molecule has 6 heteroatoms. The third-order valence-electron chi connectivity index (χ3n) is 5.69. The summed E-state index contributed by atoms with van der Waals surface area (Å²) in [5.41, 5.74) is 4.79. The fraction of sp³-hybridized carbons (Fsp3) is 0.231. The van der Waals surface area contributed by atoms with E-state index < -0.39 is 0 Å². The number of nitriles is 1. The van der Waals surface area contributed by atoms with Gasteiger partial charge in [0.05, 0.1) is 18.4 Å². The molecule has 160 valence electrons. The van der Waals surface area contributed by atoms with E-state index in [1.807, 2.05) is 30.5 Å². The number of hydrogen-bond donors (Lipinski definition) is 0. The summed E-state index contributed by atoms with van der Waals surface area (Å²) < 4.78 is 13.5. The number of aromatic nitrogens is 2. The van der Waals surface area contributed by atoms with Gasteiger partial charge in [0.25, 0.3) is 0 Å². The Morgan fingerprint density at radius 3 is 2.91 bits per heavy atom. The van der Waals surface area contributed by atoms with Crippen LogP contribution in [-0.2, 0) is 13.0 Å². The lowest BCUT2D eigenvalue weighted by Gasteiger charge is -2.06. The third-order valence-corrected chi connectivity index (χ3v) is 6.60. The number of benzene rings is 2.